The lowest BCUT2D eigenvalue weighted by Gasteiger charge is -2.32. The maximum atomic E-state index is 13.4. The Bertz CT molecular complexity index is 1170. The molecular formula is C26H35Cl2N3O4S. The van der Waals surface area contributed by atoms with Gasteiger partial charge in [-0.1, -0.05) is 48.3 Å². The molecule has 0 aliphatic carbocycles. The number of amides is 2. The van der Waals surface area contributed by atoms with Crippen molar-refractivity contribution < 1.29 is 18.0 Å². The Balaban J connectivity index is 2.26. The fourth-order valence-corrected chi connectivity index (χ4v) is 5.35. The number of hydrogen-bond donors (Lipinski definition) is 1. The third-order valence-electron chi connectivity index (χ3n) is 5.61. The molecule has 0 aliphatic rings. The van der Waals surface area contributed by atoms with Crippen LogP contribution in [0.3, 0.4) is 0 Å². The molecule has 0 unspecified atom stereocenters. The van der Waals surface area contributed by atoms with Gasteiger partial charge in [0, 0.05) is 35.6 Å². The van der Waals surface area contributed by atoms with Gasteiger partial charge in [-0.05, 0) is 69.0 Å². The molecule has 0 spiro atoms. The highest BCUT2D eigenvalue weighted by atomic mass is 35.5. The van der Waals surface area contributed by atoms with Gasteiger partial charge in [-0.15, -0.1) is 0 Å². The number of hydrogen-bond acceptors (Lipinski definition) is 4. The summed E-state index contributed by atoms with van der Waals surface area (Å²) in [6.45, 7) is 7.72. The largest absolute Gasteiger partial charge is 0.352 e. The average molecular weight is 557 g/mol. The van der Waals surface area contributed by atoms with Crippen LogP contribution in [0.1, 0.15) is 51.2 Å². The van der Waals surface area contributed by atoms with E-state index in [1.807, 2.05) is 33.8 Å². The molecule has 1 N–H and O–H groups in total. The number of sulfonamides is 1. The second-order valence-corrected chi connectivity index (χ2v) is 11.9. The van der Waals surface area contributed by atoms with Crippen molar-refractivity contribution in [1.29, 1.82) is 0 Å². The first-order valence-corrected chi connectivity index (χ1v) is 14.5. The number of halogens is 2. The molecular weight excluding hydrogens is 521 g/mol. The smallest absolute Gasteiger partial charge is 0.243 e. The number of nitrogens with zero attached hydrogens (tertiary/aromatic N) is 2. The van der Waals surface area contributed by atoms with E-state index in [0.29, 0.717) is 27.7 Å². The summed E-state index contributed by atoms with van der Waals surface area (Å²) < 4.78 is 26.2. The molecule has 7 nitrogen and oxygen atoms in total. The fraction of sp³-hybridized carbons (Fsp3) is 0.462. The lowest BCUT2D eigenvalue weighted by Crippen LogP contribution is -2.50. The van der Waals surface area contributed by atoms with Gasteiger partial charge in [0.15, 0.2) is 0 Å². The molecule has 1 atom stereocenters. The van der Waals surface area contributed by atoms with E-state index in [1.54, 1.807) is 36.4 Å². The van der Waals surface area contributed by atoms with Crippen LogP contribution in [0, 0.1) is 6.92 Å². The summed E-state index contributed by atoms with van der Waals surface area (Å²) in [6, 6.07) is 11.4. The van der Waals surface area contributed by atoms with Gasteiger partial charge in [-0.3, -0.25) is 13.9 Å². The fourth-order valence-electron chi connectivity index (χ4n) is 3.92. The van der Waals surface area contributed by atoms with Gasteiger partial charge in [-0.25, -0.2) is 8.42 Å². The summed E-state index contributed by atoms with van der Waals surface area (Å²) in [4.78, 5) is 27.9. The van der Waals surface area contributed by atoms with E-state index >= 15 is 0 Å². The predicted molar refractivity (Wildman–Crippen MR) is 147 cm³/mol. The van der Waals surface area contributed by atoms with Gasteiger partial charge in [0.25, 0.3) is 0 Å². The monoisotopic (exact) mass is 555 g/mol. The maximum Gasteiger partial charge on any atom is 0.243 e. The molecule has 2 aromatic rings. The van der Waals surface area contributed by atoms with Crippen molar-refractivity contribution in [2.75, 3.05) is 17.1 Å². The number of aryl methyl sites for hydroxylation is 1. The van der Waals surface area contributed by atoms with E-state index in [2.05, 4.69) is 5.32 Å². The number of anilines is 1. The van der Waals surface area contributed by atoms with Gasteiger partial charge in [-0.2, -0.15) is 0 Å². The molecule has 0 saturated carbocycles. The number of rotatable bonds is 12. The zero-order valence-corrected chi connectivity index (χ0v) is 23.8. The van der Waals surface area contributed by atoms with E-state index in [9.17, 15) is 18.0 Å². The number of carbonyl (C=O) groups is 2. The van der Waals surface area contributed by atoms with Crippen LogP contribution in [0.5, 0.6) is 0 Å². The summed E-state index contributed by atoms with van der Waals surface area (Å²) in [5.74, 6) is -0.507. The summed E-state index contributed by atoms with van der Waals surface area (Å²) in [7, 11) is -3.54. The molecule has 0 fully saturated rings. The number of nitrogens with one attached hydrogen (secondary N) is 1. The van der Waals surface area contributed by atoms with Crippen LogP contribution in [-0.4, -0.2) is 50.0 Å². The molecule has 0 heterocycles. The molecule has 36 heavy (non-hydrogen) atoms. The molecule has 2 aromatic carbocycles. The quantitative estimate of drug-likeness (QED) is 0.391. The van der Waals surface area contributed by atoms with Crippen molar-refractivity contribution in [1.82, 2.24) is 10.2 Å². The van der Waals surface area contributed by atoms with Crippen molar-refractivity contribution >= 4 is 50.7 Å². The maximum absolute atomic E-state index is 13.4. The lowest BCUT2D eigenvalue weighted by molar-refractivity contribution is -0.141. The van der Waals surface area contributed by atoms with Crippen LogP contribution in [0.4, 0.5) is 5.69 Å². The summed E-state index contributed by atoms with van der Waals surface area (Å²) in [5.41, 5.74) is 2.16. The molecule has 0 radical (unpaired) electrons. The van der Waals surface area contributed by atoms with Crippen LogP contribution in [0.15, 0.2) is 42.5 Å². The minimum Gasteiger partial charge on any atom is -0.352 e. The van der Waals surface area contributed by atoms with E-state index in [1.165, 1.54) is 9.21 Å². The van der Waals surface area contributed by atoms with Gasteiger partial charge in [0.05, 0.1) is 11.9 Å². The Hall–Kier alpha value is -2.29. The van der Waals surface area contributed by atoms with Crippen molar-refractivity contribution in [2.24, 2.45) is 0 Å². The van der Waals surface area contributed by atoms with E-state index in [-0.39, 0.29) is 43.8 Å². The Morgan fingerprint density at radius 3 is 2.33 bits per heavy atom. The second kappa shape index (κ2) is 13.3. The van der Waals surface area contributed by atoms with Crippen LogP contribution in [-0.2, 0) is 26.2 Å². The van der Waals surface area contributed by atoms with Crippen molar-refractivity contribution in [2.45, 2.75) is 65.6 Å². The van der Waals surface area contributed by atoms with E-state index in [0.717, 1.165) is 11.8 Å². The van der Waals surface area contributed by atoms with Crippen LogP contribution < -0.4 is 9.62 Å². The first kappa shape index (κ1) is 29.9. The first-order chi connectivity index (χ1) is 16.8. The van der Waals surface area contributed by atoms with E-state index < -0.39 is 16.1 Å². The minimum absolute atomic E-state index is 0.0640. The van der Waals surface area contributed by atoms with Crippen molar-refractivity contribution in [3.05, 3.63) is 63.6 Å². The van der Waals surface area contributed by atoms with Crippen LogP contribution in [0.2, 0.25) is 10.0 Å². The zero-order chi connectivity index (χ0) is 27.0. The van der Waals surface area contributed by atoms with Crippen LogP contribution >= 0.6 is 23.2 Å². The lowest BCUT2D eigenvalue weighted by atomic mass is 10.1. The topological polar surface area (TPSA) is 86.8 Å². The van der Waals surface area contributed by atoms with Gasteiger partial charge >= 0.3 is 0 Å². The van der Waals surface area contributed by atoms with Gasteiger partial charge in [0.2, 0.25) is 21.8 Å². The molecule has 0 aliphatic heterocycles. The molecule has 0 aromatic heterocycles. The first-order valence-electron chi connectivity index (χ1n) is 11.9. The highest BCUT2D eigenvalue weighted by molar-refractivity contribution is 7.92. The summed E-state index contributed by atoms with van der Waals surface area (Å²) in [5, 5.41) is 3.77. The molecule has 10 heteroatoms. The average Bonchev–Trinajstić information content (AvgIpc) is 2.76. The Morgan fingerprint density at radius 1 is 1.08 bits per heavy atom. The van der Waals surface area contributed by atoms with Crippen molar-refractivity contribution in [3.63, 3.8) is 0 Å². The number of carbonyl (C=O) groups excluding carboxylic acids is 2. The highest BCUT2D eigenvalue weighted by Gasteiger charge is 2.29. The minimum atomic E-state index is -3.54. The summed E-state index contributed by atoms with van der Waals surface area (Å²) >= 11 is 12.4. The Labute approximate surface area is 224 Å². The van der Waals surface area contributed by atoms with Gasteiger partial charge in [0.1, 0.15) is 6.04 Å². The zero-order valence-electron chi connectivity index (χ0n) is 21.4. The Kier molecular flexibility index (Phi) is 11.1. The summed E-state index contributed by atoms with van der Waals surface area (Å²) in [6.07, 6.45) is 1.91. The number of benzene rings is 2. The second-order valence-electron chi connectivity index (χ2n) is 9.12. The molecule has 2 rings (SSSR count). The van der Waals surface area contributed by atoms with Crippen molar-refractivity contribution in [3.8, 4) is 0 Å². The standard InChI is InChI=1S/C26H35Cl2N3O4S/c1-6-24(26(33)29-18(2)3)30(17-20-12-13-21(27)16-23(20)28)25(32)11-8-14-31(36(5,34)35)22-10-7-9-19(4)15-22/h7,9-10,12-13,15-16,18,24H,6,8,11,14,17H2,1-5H3,(H,29,33)/t24-/m1/s1. The molecule has 0 bridgehead atoms. The highest BCUT2D eigenvalue weighted by Crippen LogP contribution is 2.25. The Morgan fingerprint density at radius 2 is 1.78 bits per heavy atom. The normalized spacial score (nSPS) is 12.3. The predicted octanol–water partition coefficient (Wildman–Crippen LogP) is 5.18. The third-order valence-corrected chi connectivity index (χ3v) is 7.40. The molecule has 2 amide bonds. The van der Waals surface area contributed by atoms with E-state index in [4.69, 9.17) is 23.2 Å². The molecule has 0 saturated heterocycles. The van der Waals surface area contributed by atoms with Gasteiger partial charge < -0.3 is 10.2 Å². The SMILES string of the molecule is CC[C@H](C(=O)NC(C)C)N(Cc1ccc(Cl)cc1Cl)C(=O)CCCN(c1cccc(C)c1)S(C)(=O)=O. The van der Waals surface area contributed by atoms with Crippen LogP contribution in [0.25, 0.3) is 0 Å². The third kappa shape index (κ3) is 8.68. The molecule has 198 valence electrons.